The van der Waals surface area contributed by atoms with Gasteiger partial charge < -0.3 is 14.5 Å². The second-order valence-electron chi connectivity index (χ2n) is 10.2. The zero-order valence-electron chi connectivity index (χ0n) is 21.7. The summed E-state index contributed by atoms with van der Waals surface area (Å²) in [5, 5.41) is 1.63. The minimum atomic E-state index is -0.309. The first-order valence-electron chi connectivity index (χ1n) is 13.1. The van der Waals surface area contributed by atoms with E-state index in [1.807, 2.05) is 45.2 Å². The van der Waals surface area contributed by atoms with E-state index in [1.54, 1.807) is 9.80 Å². The number of aryl methyl sites for hydroxylation is 1. The van der Waals surface area contributed by atoms with Crippen LogP contribution in [-0.2, 0) is 17.6 Å². The van der Waals surface area contributed by atoms with Gasteiger partial charge in [0, 0.05) is 54.2 Å². The molecule has 3 aromatic rings. The number of nitrogens with zero attached hydrogens (tertiary/aromatic N) is 4. The van der Waals surface area contributed by atoms with E-state index in [2.05, 4.69) is 17.1 Å². The summed E-state index contributed by atoms with van der Waals surface area (Å²) >= 11 is 6.87. The fourth-order valence-electron chi connectivity index (χ4n) is 5.50. The molecule has 0 saturated carbocycles. The third-order valence-corrected chi connectivity index (χ3v) is 7.94. The highest BCUT2D eigenvalue weighted by atomic mass is 35.5. The number of aromatic nitrogens is 2. The van der Waals surface area contributed by atoms with Crippen LogP contribution in [0.5, 0.6) is 0 Å². The molecule has 5 rings (SSSR count). The van der Waals surface area contributed by atoms with Gasteiger partial charge in [-0.2, -0.15) is 0 Å². The van der Waals surface area contributed by atoms with Gasteiger partial charge in [-0.3, -0.25) is 14.8 Å². The number of piperazine rings is 1. The summed E-state index contributed by atoms with van der Waals surface area (Å²) in [4.78, 5) is 38.6. The van der Waals surface area contributed by atoms with Gasteiger partial charge in [-0.1, -0.05) is 24.6 Å². The molecule has 0 radical (unpaired) electrons. The van der Waals surface area contributed by atoms with Gasteiger partial charge in [-0.25, -0.2) is 4.79 Å². The monoisotopic (exact) mass is 520 g/mol. The van der Waals surface area contributed by atoms with Gasteiger partial charge in [-0.05, 0) is 80.8 Å². The molecule has 0 spiro atoms. The van der Waals surface area contributed by atoms with E-state index in [4.69, 9.17) is 21.3 Å². The van der Waals surface area contributed by atoms with Gasteiger partial charge in [0.25, 0.3) is 5.91 Å². The molecule has 2 atom stereocenters. The Balaban J connectivity index is 1.35. The second-order valence-corrected chi connectivity index (χ2v) is 10.5. The van der Waals surface area contributed by atoms with Crippen molar-refractivity contribution in [3.63, 3.8) is 0 Å². The largest absolute Gasteiger partial charge is 0.449 e. The molecule has 2 amide bonds. The Hall–Kier alpha value is -3.19. The van der Waals surface area contributed by atoms with Crippen molar-refractivity contribution in [1.29, 1.82) is 0 Å². The van der Waals surface area contributed by atoms with E-state index < -0.39 is 0 Å². The van der Waals surface area contributed by atoms with Crippen LogP contribution < -0.4 is 0 Å². The summed E-state index contributed by atoms with van der Waals surface area (Å²) < 4.78 is 5.29. The maximum atomic E-state index is 13.4. The minimum absolute atomic E-state index is 0.0592. The molecule has 3 heterocycles. The third-order valence-electron chi connectivity index (χ3n) is 7.50. The van der Waals surface area contributed by atoms with Crippen molar-refractivity contribution in [3.05, 3.63) is 69.6 Å². The second kappa shape index (κ2) is 10.7. The van der Waals surface area contributed by atoms with Crippen molar-refractivity contribution in [2.75, 3.05) is 26.2 Å². The van der Waals surface area contributed by atoms with E-state index in [-0.39, 0.29) is 18.0 Å². The van der Waals surface area contributed by atoms with Crippen LogP contribution in [0.15, 0.2) is 36.5 Å². The van der Waals surface area contributed by atoms with E-state index in [0.717, 1.165) is 58.6 Å². The fourth-order valence-corrected chi connectivity index (χ4v) is 5.86. The summed E-state index contributed by atoms with van der Waals surface area (Å²) in [5.41, 5.74) is 5.77. The SMILES string of the molecule is CCCOC(=O)N1CCN(C(=O)c2ccc3c(Cl)c4c(nc3c2)CC(c2ccnc(C)c2)CC4)C[C@H]1C. The summed E-state index contributed by atoms with van der Waals surface area (Å²) in [6.07, 6.45) is 5.07. The lowest BCUT2D eigenvalue weighted by Gasteiger charge is -2.39. The molecule has 1 saturated heterocycles. The van der Waals surface area contributed by atoms with Gasteiger partial charge in [0.1, 0.15) is 0 Å². The quantitative estimate of drug-likeness (QED) is 0.450. The number of carbonyl (C=O) groups is 2. The van der Waals surface area contributed by atoms with Crippen molar-refractivity contribution >= 4 is 34.5 Å². The van der Waals surface area contributed by atoms with Crippen LogP contribution in [0.1, 0.15) is 65.5 Å². The predicted molar refractivity (Wildman–Crippen MR) is 144 cm³/mol. The normalized spacial score (nSPS) is 19.6. The number of carbonyl (C=O) groups excluding carboxylic acids is 2. The molecule has 194 valence electrons. The van der Waals surface area contributed by atoms with Crippen molar-refractivity contribution < 1.29 is 14.3 Å². The van der Waals surface area contributed by atoms with Crippen LogP contribution in [0.4, 0.5) is 4.79 Å². The summed E-state index contributed by atoms with van der Waals surface area (Å²) in [5.74, 6) is 0.318. The molecule has 8 heteroatoms. The lowest BCUT2D eigenvalue weighted by Crippen LogP contribution is -2.55. The third kappa shape index (κ3) is 5.14. The summed E-state index contributed by atoms with van der Waals surface area (Å²) in [6.45, 7) is 7.72. The Morgan fingerprint density at radius 2 is 2.03 bits per heavy atom. The van der Waals surface area contributed by atoms with Crippen molar-refractivity contribution in [3.8, 4) is 0 Å². The van der Waals surface area contributed by atoms with E-state index in [0.29, 0.717) is 37.7 Å². The van der Waals surface area contributed by atoms with Crippen LogP contribution in [-0.4, -0.2) is 64.1 Å². The molecular formula is C29H33ClN4O3. The number of pyridine rings is 2. The lowest BCUT2D eigenvalue weighted by atomic mass is 9.82. The highest BCUT2D eigenvalue weighted by molar-refractivity contribution is 6.36. The molecule has 2 aliphatic rings. The highest BCUT2D eigenvalue weighted by Crippen LogP contribution is 2.38. The van der Waals surface area contributed by atoms with Crippen LogP contribution in [0.25, 0.3) is 10.9 Å². The van der Waals surface area contributed by atoms with Crippen molar-refractivity contribution in [2.24, 2.45) is 0 Å². The predicted octanol–water partition coefficient (Wildman–Crippen LogP) is 5.56. The number of hydrogen-bond donors (Lipinski definition) is 0. The Kier molecular flexibility index (Phi) is 7.33. The number of amides is 2. The minimum Gasteiger partial charge on any atom is -0.449 e. The van der Waals surface area contributed by atoms with Crippen LogP contribution in [0.3, 0.4) is 0 Å². The van der Waals surface area contributed by atoms with E-state index in [1.165, 1.54) is 5.56 Å². The average molecular weight is 521 g/mol. The molecule has 1 aliphatic heterocycles. The molecule has 7 nitrogen and oxygen atoms in total. The molecule has 1 aromatic carbocycles. The van der Waals surface area contributed by atoms with Gasteiger partial charge in [-0.15, -0.1) is 0 Å². The van der Waals surface area contributed by atoms with Gasteiger partial charge in [0.2, 0.25) is 0 Å². The summed E-state index contributed by atoms with van der Waals surface area (Å²) in [7, 11) is 0. The molecule has 1 unspecified atom stereocenters. The Morgan fingerprint density at radius 3 is 2.78 bits per heavy atom. The first-order chi connectivity index (χ1) is 17.9. The van der Waals surface area contributed by atoms with Gasteiger partial charge >= 0.3 is 6.09 Å². The van der Waals surface area contributed by atoms with Crippen LogP contribution in [0.2, 0.25) is 5.02 Å². The fraction of sp³-hybridized carbons (Fsp3) is 0.448. The lowest BCUT2D eigenvalue weighted by molar-refractivity contribution is 0.0412. The number of benzene rings is 1. The molecular weight excluding hydrogens is 488 g/mol. The van der Waals surface area contributed by atoms with E-state index >= 15 is 0 Å². The molecule has 37 heavy (non-hydrogen) atoms. The zero-order chi connectivity index (χ0) is 26.1. The Bertz CT molecular complexity index is 1340. The maximum Gasteiger partial charge on any atom is 0.410 e. The average Bonchev–Trinajstić information content (AvgIpc) is 2.90. The number of rotatable bonds is 4. The first kappa shape index (κ1) is 25.5. The van der Waals surface area contributed by atoms with Crippen LogP contribution in [0, 0.1) is 6.92 Å². The maximum absolute atomic E-state index is 13.4. The summed E-state index contributed by atoms with van der Waals surface area (Å²) in [6, 6.07) is 9.74. The number of fused-ring (bicyclic) bond motifs is 2. The topological polar surface area (TPSA) is 75.6 Å². The van der Waals surface area contributed by atoms with Crippen molar-refractivity contribution in [1.82, 2.24) is 19.8 Å². The highest BCUT2D eigenvalue weighted by Gasteiger charge is 2.31. The van der Waals surface area contributed by atoms with Gasteiger partial charge in [0.15, 0.2) is 0 Å². The Morgan fingerprint density at radius 1 is 1.19 bits per heavy atom. The smallest absolute Gasteiger partial charge is 0.410 e. The van der Waals surface area contributed by atoms with Crippen LogP contribution >= 0.6 is 11.6 Å². The molecule has 0 N–H and O–H groups in total. The molecule has 1 aliphatic carbocycles. The molecule has 0 bridgehead atoms. The zero-order valence-corrected chi connectivity index (χ0v) is 22.4. The molecule has 1 fully saturated rings. The number of ether oxygens (including phenoxy) is 1. The van der Waals surface area contributed by atoms with Gasteiger partial charge in [0.05, 0.1) is 17.1 Å². The van der Waals surface area contributed by atoms with E-state index in [9.17, 15) is 9.59 Å². The molecule has 2 aromatic heterocycles. The Labute approximate surface area is 222 Å². The van der Waals surface area contributed by atoms with Crippen molar-refractivity contribution in [2.45, 2.75) is 58.4 Å². The number of hydrogen-bond acceptors (Lipinski definition) is 5. The first-order valence-corrected chi connectivity index (χ1v) is 13.5. The standard InChI is InChI=1S/C29H33ClN4O3/c1-4-13-37-29(36)34-12-11-33(17-19(34)3)28(35)22-6-8-24-26(16-22)32-25-15-20(5-7-23(25)27(24)30)21-9-10-31-18(2)14-21/h6,8-10,14,16,19-20H,4-5,7,11-13,15,17H2,1-3H3/t19-,20?/m1/s1. The number of halogens is 1.